The van der Waals surface area contributed by atoms with Gasteiger partial charge in [-0.25, -0.2) is 4.79 Å². The molecular formula is C25H39N5O5. The van der Waals surface area contributed by atoms with E-state index in [1.54, 1.807) is 16.7 Å². The van der Waals surface area contributed by atoms with Gasteiger partial charge in [-0.1, -0.05) is 34.1 Å². The van der Waals surface area contributed by atoms with Crippen molar-refractivity contribution in [1.82, 2.24) is 25.2 Å². The minimum absolute atomic E-state index is 0.00616. The van der Waals surface area contributed by atoms with E-state index >= 15 is 0 Å². The van der Waals surface area contributed by atoms with Crippen LogP contribution in [0.15, 0.2) is 10.8 Å². The van der Waals surface area contributed by atoms with E-state index in [-0.39, 0.29) is 29.5 Å². The van der Waals surface area contributed by atoms with Gasteiger partial charge in [0.1, 0.15) is 24.5 Å². The van der Waals surface area contributed by atoms with Crippen LogP contribution in [-0.2, 0) is 9.59 Å². The van der Waals surface area contributed by atoms with E-state index in [0.29, 0.717) is 31.0 Å². The average molecular weight is 490 g/mol. The van der Waals surface area contributed by atoms with Gasteiger partial charge in [0, 0.05) is 6.54 Å². The van der Waals surface area contributed by atoms with Gasteiger partial charge >= 0.3 is 6.09 Å². The number of aryl methyl sites for hydroxylation is 1. The fraction of sp³-hybridized carbons (Fsp3) is 0.760. The van der Waals surface area contributed by atoms with Gasteiger partial charge in [0.15, 0.2) is 0 Å². The molecule has 1 aromatic heterocycles. The van der Waals surface area contributed by atoms with Gasteiger partial charge in [-0.2, -0.15) is 0 Å². The van der Waals surface area contributed by atoms with Crippen molar-refractivity contribution >= 4 is 17.9 Å². The molecule has 3 amide bonds. The van der Waals surface area contributed by atoms with Crippen LogP contribution in [0, 0.1) is 24.7 Å². The Labute approximate surface area is 207 Å². The number of nitrogens with one attached hydrogen (secondary N) is 1. The van der Waals surface area contributed by atoms with Crippen LogP contribution in [-0.4, -0.2) is 82.2 Å². The predicted octanol–water partition coefficient (Wildman–Crippen LogP) is 2.62. The van der Waals surface area contributed by atoms with E-state index < -0.39 is 24.3 Å². The maximum atomic E-state index is 13.8. The molecule has 10 nitrogen and oxygen atoms in total. The molecule has 35 heavy (non-hydrogen) atoms. The van der Waals surface area contributed by atoms with E-state index in [9.17, 15) is 14.4 Å². The first-order chi connectivity index (χ1) is 16.7. The molecule has 3 fully saturated rings. The normalized spacial score (nSPS) is 26.5. The molecule has 0 spiro atoms. The number of hydrogen-bond donors (Lipinski definition) is 1. The Kier molecular flexibility index (Phi) is 7.68. The van der Waals surface area contributed by atoms with Crippen molar-refractivity contribution in [2.45, 2.75) is 78.6 Å². The molecule has 1 N–H and O–H groups in total. The number of carbonyl (C=O) groups is 3. The first-order valence-corrected chi connectivity index (χ1v) is 13.0. The van der Waals surface area contributed by atoms with E-state index in [2.05, 4.69) is 10.5 Å². The SMILES string of the molecule is CCC(C)[C@H]1C(=O)N(CC2CCNCC2)CC2N1C(=O)[C@H](CC(C)C)N2C(=O)Oc1nocc1C. The van der Waals surface area contributed by atoms with Crippen molar-refractivity contribution in [1.29, 1.82) is 0 Å². The van der Waals surface area contributed by atoms with E-state index in [1.807, 2.05) is 32.6 Å². The standard InChI is InChI=1S/C25H39N5O5/c1-6-16(4)21-24(32)28(12-18-7-9-26-10-8-18)13-20-29(19(11-15(2)3)23(31)30(20)21)25(33)35-22-17(5)14-34-27-22/h14-16,18-21,26H,6-13H2,1-5H3/t16?,19-,20?,21-/m0/s1. The lowest BCUT2D eigenvalue weighted by molar-refractivity contribution is -0.156. The fourth-order valence-electron chi connectivity index (χ4n) is 5.57. The largest absolute Gasteiger partial charge is 0.419 e. The lowest BCUT2D eigenvalue weighted by Crippen LogP contribution is -2.66. The quantitative estimate of drug-likeness (QED) is 0.627. The number of piperidine rings is 1. The second-order valence-electron chi connectivity index (χ2n) is 10.7. The molecule has 0 aromatic carbocycles. The minimum Gasteiger partial charge on any atom is -0.387 e. The van der Waals surface area contributed by atoms with Crippen LogP contribution < -0.4 is 10.1 Å². The van der Waals surface area contributed by atoms with Gasteiger partial charge < -0.3 is 24.4 Å². The van der Waals surface area contributed by atoms with Crippen LogP contribution in [0.5, 0.6) is 5.88 Å². The highest BCUT2D eigenvalue weighted by atomic mass is 16.6. The summed E-state index contributed by atoms with van der Waals surface area (Å²) in [6, 6.07) is -1.27. The van der Waals surface area contributed by atoms with Gasteiger partial charge in [0.05, 0.1) is 12.1 Å². The summed E-state index contributed by atoms with van der Waals surface area (Å²) in [4.78, 5) is 46.2. The van der Waals surface area contributed by atoms with E-state index in [0.717, 1.165) is 32.4 Å². The molecule has 0 bridgehead atoms. The first kappa shape index (κ1) is 25.5. The summed E-state index contributed by atoms with van der Waals surface area (Å²) < 4.78 is 10.5. The lowest BCUT2D eigenvalue weighted by Gasteiger charge is -2.46. The summed E-state index contributed by atoms with van der Waals surface area (Å²) >= 11 is 0. The van der Waals surface area contributed by atoms with E-state index in [1.165, 1.54) is 6.26 Å². The highest BCUT2D eigenvalue weighted by Crippen LogP contribution is 2.37. The first-order valence-electron chi connectivity index (χ1n) is 13.0. The second kappa shape index (κ2) is 10.6. The lowest BCUT2D eigenvalue weighted by atomic mass is 9.91. The molecule has 4 atom stereocenters. The summed E-state index contributed by atoms with van der Waals surface area (Å²) in [5, 5.41) is 7.16. The Bertz CT molecular complexity index is 927. The molecular weight excluding hydrogens is 450 g/mol. The molecule has 4 rings (SSSR count). The average Bonchev–Trinajstić information content (AvgIpc) is 3.34. The van der Waals surface area contributed by atoms with Crippen LogP contribution in [0.4, 0.5) is 4.79 Å². The highest BCUT2D eigenvalue weighted by Gasteiger charge is 2.57. The number of rotatable bonds is 7. The van der Waals surface area contributed by atoms with Crippen LogP contribution in [0.25, 0.3) is 0 Å². The van der Waals surface area contributed by atoms with Crippen LogP contribution in [0.2, 0.25) is 0 Å². The van der Waals surface area contributed by atoms with Crippen molar-refractivity contribution in [2.24, 2.45) is 17.8 Å². The zero-order valence-corrected chi connectivity index (χ0v) is 21.5. The minimum atomic E-state index is -0.683. The van der Waals surface area contributed by atoms with Gasteiger partial charge in [-0.3, -0.25) is 14.5 Å². The number of carbonyl (C=O) groups excluding carboxylic acids is 3. The van der Waals surface area contributed by atoms with Gasteiger partial charge in [-0.15, -0.1) is 0 Å². The Morgan fingerprint density at radius 1 is 1.23 bits per heavy atom. The van der Waals surface area contributed by atoms with Crippen LogP contribution in [0.1, 0.15) is 58.9 Å². The number of aromatic nitrogens is 1. The molecule has 3 saturated heterocycles. The molecule has 0 radical (unpaired) electrons. The third-order valence-electron chi connectivity index (χ3n) is 7.68. The number of hydrogen-bond acceptors (Lipinski definition) is 7. The van der Waals surface area contributed by atoms with Crippen molar-refractivity contribution in [2.75, 3.05) is 26.2 Å². The zero-order valence-electron chi connectivity index (χ0n) is 21.5. The third-order valence-corrected chi connectivity index (χ3v) is 7.68. The van der Waals surface area contributed by atoms with E-state index in [4.69, 9.17) is 9.26 Å². The molecule has 2 unspecified atom stereocenters. The topological polar surface area (TPSA) is 108 Å². The smallest absolute Gasteiger partial charge is 0.387 e. The summed E-state index contributed by atoms with van der Waals surface area (Å²) in [6.45, 7) is 12.7. The number of fused-ring (bicyclic) bond motifs is 1. The van der Waals surface area contributed by atoms with Crippen LogP contribution in [0.3, 0.4) is 0 Å². The molecule has 0 aliphatic carbocycles. The molecule has 3 aliphatic rings. The van der Waals surface area contributed by atoms with Crippen molar-refractivity contribution in [3.8, 4) is 5.88 Å². The molecule has 194 valence electrons. The summed E-state index contributed by atoms with van der Waals surface area (Å²) in [5.74, 6) is 0.481. The fourth-order valence-corrected chi connectivity index (χ4v) is 5.57. The predicted molar refractivity (Wildman–Crippen MR) is 128 cm³/mol. The Morgan fingerprint density at radius 2 is 1.94 bits per heavy atom. The van der Waals surface area contributed by atoms with Crippen molar-refractivity contribution < 1.29 is 23.6 Å². The third kappa shape index (κ3) is 5.03. The monoisotopic (exact) mass is 489 g/mol. The zero-order chi connectivity index (χ0) is 25.3. The number of nitrogens with zero attached hydrogens (tertiary/aromatic N) is 4. The Morgan fingerprint density at radius 3 is 2.54 bits per heavy atom. The number of piperazine rings is 1. The van der Waals surface area contributed by atoms with Crippen molar-refractivity contribution in [3.63, 3.8) is 0 Å². The van der Waals surface area contributed by atoms with Crippen molar-refractivity contribution in [3.05, 3.63) is 11.8 Å². The number of amides is 3. The molecule has 1 aromatic rings. The molecule has 0 saturated carbocycles. The van der Waals surface area contributed by atoms with Gasteiger partial charge in [-0.05, 0) is 62.2 Å². The molecule has 10 heteroatoms. The molecule has 4 heterocycles. The summed E-state index contributed by atoms with van der Waals surface area (Å²) in [7, 11) is 0. The number of ether oxygens (including phenoxy) is 1. The second-order valence-corrected chi connectivity index (χ2v) is 10.7. The van der Waals surface area contributed by atoms with Crippen LogP contribution >= 0.6 is 0 Å². The Balaban J connectivity index is 1.67. The van der Waals surface area contributed by atoms with Gasteiger partial charge in [0.2, 0.25) is 11.8 Å². The highest BCUT2D eigenvalue weighted by molar-refractivity contribution is 5.96. The summed E-state index contributed by atoms with van der Waals surface area (Å²) in [5.41, 5.74) is 0.602. The summed E-state index contributed by atoms with van der Waals surface area (Å²) in [6.07, 6.45) is 3.49. The van der Waals surface area contributed by atoms with Gasteiger partial charge in [0.25, 0.3) is 5.88 Å². The maximum absolute atomic E-state index is 13.8. The maximum Gasteiger partial charge on any atom is 0.419 e. The molecule has 3 aliphatic heterocycles. The Hall–Kier alpha value is -2.62.